The molecule has 1 N–H and O–H groups in total. The Balaban J connectivity index is 2.17. The smallest absolute Gasteiger partial charge is 0.243 e. The Morgan fingerprint density at radius 2 is 1.62 bits per heavy atom. The SMILES string of the molecule is COc1ccc(CN(C)S(=O)(=O)c2ccc(O)cc2)cc1. The van der Waals surface area contributed by atoms with Crippen LogP contribution < -0.4 is 4.74 Å². The van der Waals surface area contributed by atoms with Crippen LogP contribution in [0.4, 0.5) is 0 Å². The van der Waals surface area contributed by atoms with Crippen molar-refractivity contribution in [2.45, 2.75) is 11.4 Å². The molecule has 0 aromatic heterocycles. The van der Waals surface area contributed by atoms with E-state index in [1.165, 1.54) is 35.6 Å². The molecule has 0 saturated heterocycles. The number of hydrogen-bond acceptors (Lipinski definition) is 4. The average Bonchev–Trinajstić information content (AvgIpc) is 2.48. The molecule has 21 heavy (non-hydrogen) atoms. The third-order valence-corrected chi connectivity index (χ3v) is 4.93. The molecule has 2 rings (SSSR count). The van der Waals surface area contributed by atoms with Gasteiger partial charge >= 0.3 is 0 Å². The molecule has 0 heterocycles. The van der Waals surface area contributed by atoms with Crippen molar-refractivity contribution in [2.75, 3.05) is 14.2 Å². The van der Waals surface area contributed by atoms with Crippen LogP contribution in [0.2, 0.25) is 0 Å². The Morgan fingerprint density at radius 1 is 1.05 bits per heavy atom. The van der Waals surface area contributed by atoms with Crippen molar-refractivity contribution in [3.05, 3.63) is 54.1 Å². The zero-order valence-electron chi connectivity index (χ0n) is 11.9. The molecule has 0 radical (unpaired) electrons. The van der Waals surface area contributed by atoms with Crippen molar-refractivity contribution in [3.63, 3.8) is 0 Å². The highest BCUT2D eigenvalue weighted by Gasteiger charge is 2.20. The maximum atomic E-state index is 12.4. The predicted octanol–water partition coefficient (Wildman–Crippen LogP) is 2.22. The molecule has 0 aliphatic rings. The molecule has 0 atom stereocenters. The number of sulfonamides is 1. The quantitative estimate of drug-likeness (QED) is 0.920. The molecule has 0 bridgehead atoms. The summed E-state index contributed by atoms with van der Waals surface area (Å²) in [7, 11) is -0.479. The molecular weight excluding hydrogens is 290 g/mol. The Labute approximate surface area is 124 Å². The lowest BCUT2D eigenvalue weighted by Crippen LogP contribution is -2.26. The summed E-state index contributed by atoms with van der Waals surface area (Å²) in [5.74, 6) is 0.759. The Bertz CT molecular complexity index is 693. The van der Waals surface area contributed by atoms with Crippen LogP contribution >= 0.6 is 0 Å². The van der Waals surface area contributed by atoms with Gasteiger partial charge in [-0.3, -0.25) is 0 Å². The first kappa shape index (κ1) is 15.3. The van der Waals surface area contributed by atoms with Crippen LogP contribution in [0.25, 0.3) is 0 Å². The van der Waals surface area contributed by atoms with Crippen LogP contribution in [-0.4, -0.2) is 32.0 Å². The van der Waals surface area contributed by atoms with Crippen LogP contribution in [0.1, 0.15) is 5.56 Å². The van der Waals surface area contributed by atoms with Gasteiger partial charge in [0, 0.05) is 13.6 Å². The molecule has 5 nitrogen and oxygen atoms in total. The van der Waals surface area contributed by atoms with Crippen LogP contribution in [0.3, 0.4) is 0 Å². The Morgan fingerprint density at radius 3 is 2.14 bits per heavy atom. The lowest BCUT2D eigenvalue weighted by Gasteiger charge is -2.17. The van der Waals surface area contributed by atoms with E-state index in [0.29, 0.717) is 0 Å². The molecule has 0 spiro atoms. The fourth-order valence-corrected chi connectivity index (χ4v) is 3.03. The summed E-state index contributed by atoms with van der Waals surface area (Å²) >= 11 is 0. The van der Waals surface area contributed by atoms with Crippen molar-refractivity contribution >= 4 is 10.0 Å². The van der Waals surface area contributed by atoms with Crippen molar-refractivity contribution in [1.82, 2.24) is 4.31 Å². The summed E-state index contributed by atoms with van der Waals surface area (Å²) in [6, 6.07) is 12.7. The summed E-state index contributed by atoms with van der Waals surface area (Å²) in [6.07, 6.45) is 0. The number of benzene rings is 2. The van der Waals surface area contributed by atoms with Gasteiger partial charge in [-0.2, -0.15) is 4.31 Å². The fourth-order valence-electron chi connectivity index (χ4n) is 1.87. The topological polar surface area (TPSA) is 66.8 Å². The maximum Gasteiger partial charge on any atom is 0.243 e. The number of methoxy groups -OCH3 is 1. The van der Waals surface area contributed by atoms with Gasteiger partial charge in [-0.25, -0.2) is 8.42 Å². The Kier molecular flexibility index (Phi) is 4.50. The van der Waals surface area contributed by atoms with Gasteiger partial charge in [-0.05, 0) is 42.0 Å². The normalized spacial score (nSPS) is 11.6. The van der Waals surface area contributed by atoms with Gasteiger partial charge in [-0.15, -0.1) is 0 Å². The number of rotatable bonds is 5. The fraction of sp³-hybridized carbons (Fsp3) is 0.200. The first-order valence-corrected chi connectivity index (χ1v) is 7.76. The van der Waals surface area contributed by atoms with Gasteiger partial charge in [0.05, 0.1) is 12.0 Å². The van der Waals surface area contributed by atoms with E-state index in [-0.39, 0.29) is 17.2 Å². The van der Waals surface area contributed by atoms with E-state index < -0.39 is 10.0 Å². The summed E-state index contributed by atoms with van der Waals surface area (Å²) in [5.41, 5.74) is 0.862. The van der Waals surface area contributed by atoms with Crippen LogP contribution in [-0.2, 0) is 16.6 Å². The standard InChI is InChI=1S/C15H17NO4S/c1-16(11-12-3-7-14(20-2)8-4-12)21(18,19)15-9-5-13(17)6-10-15/h3-10,17H,11H2,1-2H3. The molecule has 0 amide bonds. The molecule has 2 aromatic rings. The van der Waals surface area contributed by atoms with Crippen molar-refractivity contribution < 1.29 is 18.3 Å². The van der Waals surface area contributed by atoms with E-state index in [1.54, 1.807) is 19.2 Å². The molecule has 0 fully saturated rings. The molecule has 0 saturated carbocycles. The third-order valence-electron chi connectivity index (χ3n) is 3.11. The highest BCUT2D eigenvalue weighted by molar-refractivity contribution is 7.89. The second-order valence-corrected chi connectivity index (χ2v) is 6.65. The van der Waals surface area contributed by atoms with Gasteiger partial charge in [0.2, 0.25) is 10.0 Å². The first-order valence-electron chi connectivity index (χ1n) is 6.32. The van der Waals surface area contributed by atoms with Gasteiger partial charge in [-0.1, -0.05) is 12.1 Å². The van der Waals surface area contributed by atoms with Crippen molar-refractivity contribution in [1.29, 1.82) is 0 Å². The van der Waals surface area contributed by atoms with E-state index >= 15 is 0 Å². The molecule has 0 aliphatic carbocycles. The van der Waals surface area contributed by atoms with Gasteiger partial charge in [0.25, 0.3) is 0 Å². The lowest BCUT2D eigenvalue weighted by atomic mass is 10.2. The van der Waals surface area contributed by atoms with E-state index in [1.807, 2.05) is 12.1 Å². The van der Waals surface area contributed by atoms with Crippen molar-refractivity contribution in [3.8, 4) is 11.5 Å². The lowest BCUT2D eigenvalue weighted by molar-refractivity contribution is 0.414. The largest absolute Gasteiger partial charge is 0.508 e. The summed E-state index contributed by atoms with van der Waals surface area (Å²) in [6.45, 7) is 0.257. The zero-order chi connectivity index (χ0) is 15.5. The summed E-state index contributed by atoms with van der Waals surface area (Å²) in [4.78, 5) is 0.149. The average molecular weight is 307 g/mol. The maximum absolute atomic E-state index is 12.4. The number of aromatic hydroxyl groups is 1. The highest BCUT2D eigenvalue weighted by atomic mass is 32.2. The summed E-state index contributed by atoms with van der Waals surface area (Å²) in [5, 5.41) is 9.23. The minimum Gasteiger partial charge on any atom is -0.508 e. The van der Waals surface area contributed by atoms with E-state index in [4.69, 9.17) is 4.74 Å². The first-order chi connectivity index (χ1) is 9.93. The van der Waals surface area contributed by atoms with Crippen LogP contribution in [0.5, 0.6) is 11.5 Å². The number of nitrogens with zero attached hydrogens (tertiary/aromatic N) is 1. The molecular formula is C15H17NO4S. The minimum atomic E-state index is -3.58. The summed E-state index contributed by atoms with van der Waals surface area (Å²) < 4.78 is 31.1. The molecule has 0 unspecified atom stereocenters. The number of hydrogen-bond donors (Lipinski definition) is 1. The molecule has 2 aromatic carbocycles. The predicted molar refractivity (Wildman–Crippen MR) is 79.8 cm³/mol. The number of phenolic OH excluding ortho intramolecular Hbond substituents is 1. The highest BCUT2D eigenvalue weighted by Crippen LogP contribution is 2.20. The van der Waals surface area contributed by atoms with Gasteiger partial charge in [0.1, 0.15) is 11.5 Å². The molecule has 112 valence electrons. The molecule has 0 aliphatic heterocycles. The van der Waals surface area contributed by atoms with Crippen LogP contribution in [0, 0.1) is 0 Å². The second kappa shape index (κ2) is 6.15. The second-order valence-electron chi connectivity index (χ2n) is 4.60. The number of ether oxygens (including phenoxy) is 1. The van der Waals surface area contributed by atoms with Crippen molar-refractivity contribution in [2.24, 2.45) is 0 Å². The number of phenols is 1. The molecule has 6 heteroatoms. The minimum absolute atomic E-state index is 0.0340. The Hall–Kier alpha value is -2.05. The van der Waals surface area contributed by atoms with Gasteiger partial charge in [0.15, 0.2) is 0 Å². The third kappa shape index (κ3) is 3.53. The van der Waals surface area contributed by atoms with E-state index in [0.717, 1.165) is 11.3 Å². The monoisotopic (exact) mass is 307 g/mol. The van der Waals surface area contributed by atoms with E-state index in [9.17, 15) is 13.5 Å². The van der Waals surface area contributed by atoms with Gasteiger partial charge < -0.3 is 9.84 Å². The van der Waals surface area contributed by atoms with E-state index in [2.05, 4.69) is 0 Å². The van der Waals surface area contributed by atoms with Crippen LogP contribution in [0.15, 0.2) is 53.4 Å². The zero-order valence-corrected chi connectivity index (χ0v) is 12.7.